The molecule has 0 unspecified atom stereocenters. The molecule has 0 saturated carbocycles. The summed E-state index contributed by atoms with van der Waals surface area (Å²) in [4.78, 5) is 4.33. The van der Waals surface area contributed by atoms with Gasteiger partial charge in [0.2, 0.25) is 0 Å². The van der Waals surface area contributed by atoms with Gasteiger partial charge in [0, 0.05) is 22.3 Å². The molecule has 3 nitrogen and oxygen atoms in total. The van der Waals surface area contributed by atoms with Gasteiger partial charge >= 0.3 is 0 Å². The summed E-state index contributed by atoms with van der Waals surface area (Å²) < 4.78 is 8.11. The van der Waals surface area contributed by atoms with Crippen molar-refractivity contribution in [2.24, 2.45) is 0 Å². The standard InChI is InChI=1S/C32H22N2O/c1-32(2)25-15-11-19-7-3-4-8-21(19)29(25)24-14-13-23-22-9-5-6-10-27(22)34(31(23)30(24)32)20-12-16-26-28(17-20)35-18-33-26/h3-18H,1-2H3. The Morgan fingerprint density at radius 2 is 1.60 bits per heavy atom. The van der Waals surface area contributed by atoms with Crippen molar-refractivity contribution in [2.75, 3.05) is 0 Å². The molecule has 0 radical (unpaired) electrons. The second-order valence-electron chi connectivity index (χ2n) is 10.1. The molecule has 0 fully saturated rings. The average Bonchev–Trinajstić information content (AvgIpc) is 3.55. The first-order valence-electron chi connectivity index (χ1n) is 12.1. The number of fused-ring (bicyclic) bond motifs is 10. The molecule has 1 aliphatic carbocycles. The molecule has 0 amide bonds. The molecule has 2 aromatic heterocycles. The summed E-state index contributed by atoms with van der Waals surface area (Å²) in [5.41, 5.74) is 10.6. The van der Waals surface area contributed by atoms with Gasteiger partial charge in [0.25, 0.3) is 0 Å². The van der Waals surface area contributed by atoms with Gasteiger partial charge in [-0.1, -0.05) is 80.6 Å². The molecule has 1 aliphatic rings. The van der Waals surface area contributed by atoms with E-state index >= 15 is 0 Å². The van der Waals surface area contributed by atoms with Crippen molar-refractivity contribution in [3.05, 3.63) is 109 Å². The summed E-state index contributed by atoms with van der Waals surface area (Å²) in [5.74, 6) is 0. The van der Waals surface area contributed by atoms with Crippen molar-refractivity contribution in [2.45, 2.75) is 19.3 Å². The van der Waals surface area contributed by atoms with E-state index in [1.165, 1.54) is 61.2 Å². The fraction of sp³-hybridized carbons (Fsp3) is 0.0938. The number of oxazole rings is 1. The largest absolute Gasteiger partial charge is 0.443 e. The number of rotatable bonds is 1. The Hall–Kier alpha value is -4.37. The van der Waals surface area contributed by atoms with Crippen LogP contribution in [0.3, 0.4) is 0 Å². The topological polar surface area (TPSA) is 31.0 Å². The van der Waals surface area contributed by atoms with Gasteiger partial charge in [-0.25, -0.2) is 4.98 Å². The van der Waals surface area contributed by atoms with Crippen LogP contribution in [0.5, 0.6) is 0 Å². The lowest BCUT2D eigenvalue weighted by Crippen LogP contribution is -2.16. The van der Waals surface area contributed by atoms with Crippen LogP contribution in [-0.4, -0.2) is 9.55 Å². The highest BCUT2D eigenvalue weighted by Gasteiger charge is 2.39. The molecule has 2 heterocycles. The van der Waals surface area contributed by atoms with Crippen LogP contribution in [-0.2, 0) is 5.41 Å². The van der Waals surface area contributed by atoms with Gasteiger partial charge in [-0.2, -0.15) is 0 Å². The fourth-order valence-corrected chi connectivity index (χ4v) is 6.37. The third-order valence-electron chi connectivity index (χ3n) is 7.91. The zero-order valence-electron chi connectivity index (χ0n) is 19.5. The van der Waals surface area contributed by atoms with Gasteiger partial charge in [0.1, 0.15) is 5.52 Å². The van der Waals surface area contributed by atoms with Crippen molar-refractivity contribution in [3.8, 4) is 16.8 Å². The highest BCUT2D eigenvalue weighted by molar-refractivity contribution is 6.15. The van der Waals surface area contributed by atoms with Crippen LogP contribution in [0.2, 0.25) is 0 Å². The SMILES string of the molecule is CC1(C)c2ccc3ccccc3c2-c2ccc3c4ccccc4n(-c4ccc5ncoc5c4)c3c21. The zero-order valence-corrected chi connectivity index (χ0v) is 19.5. The first-order valence-corrected chi connectivity index (χ1v) is 12.1. The number of hydrogen-bond donors (Lipinski definition) is 0. The van der Waals surface area contributed by atoms with Gasteiger partial charge < -0.3 is 8.98 Å². The van der Waals surface area contributed by atoms with Crippen molar-refractivity contribution in [1.82, 2.24) is 9.55 Å². The molecule has 3 heteroatoms. The minimum atomic E-state index is -0.142. The van der Waals surface area contributed by atoms with Crippen LogP contribution < -0.4 is 0 Å². The van der Waals surface area contributed by atoms with E-state index in [1.807, 2.05) is 6.07 Å². The molecule has 5 aromatic carbocycles. The molecule has 0 atom stereocenters. The Morgan fingerprint density at radius 3 is 2.51 bits per heavy atom. The molecular formula is C32H22N2O. The predicted molar refractivity (Wildman–Crippen MR) is 143 cm³/mol. The van der Waals surface area contributed by atoms with Crippen molar-refractivity contribution in [1.29, 1.82) is 0 Å². The average molecular weight is 451 g/mol. The minimum absolute atomic E-state index is 0.142. The number of para-hydroxylation sites is 1. The Bertz CT molecular complexity index is 1990. The van der Waals surface area contributed by atoms with Gasteiger partial charge in [0.15, 0.2) is 12.0 Å². The van der Waals surface area contributed by atoms with E-state index in [1.54, 1.807) is 0 Å². The lowest BCUT2D eigenvalue weighted by molar-refractivity contribution is 0.602. The Labute approximate surface area is 202 Å². The summed E-state index contributed by atoms with van der Waals surface area (Å²) >= 11 is 0. The van der Waals surface area contributed by atoms with Gasteiger partial charge in [-0.05, 0) is 51.2 Å². The Morgan fingerprint density at radius 1 is 0.771 bits per heavy atom. The van der Waals surface area contributed by atoms with E-state index in [-0.39, 0.29) is 5.41 Å². The van der Waals surface area contributed by atoms with Crippen molar-refractivity contribution in [3.63, 3.8) is 0 Å². The number of nitrogens with zero attached hydrogens (tertiary/aromatic N) is 2. The van der Waals surface area contributed by atoms with Gasteiger partial charge in [-0.15, -0.1) is 0 Å². The molecule has 7 aromatic rings. The molecule has 166 valence electrons. The highest BCUT2D eigenvalue weighted by Crippen LogP contribution is 2.54. The van der Waals surface area contributed by atoms with Crippen LogP contribution in [0.1, 0.15) is 25.0 Å². The summed E-state index contributed by atoms with van der Waals surface area (Å²) in [6.07, 6.45) is 1.52. The predicted octanol–water partition coefficient (Wildman–Crippen LogP) is 8.38. The molecule has 0 aliphatic heterocycles. The molecule has 0 saturated heterocycles. The molecule has 8 rings (SSSR count). The maximum absolute atomic E-state index is 5.69. The van der Waals surface area contributed by atoms with Gasteiger partial charge in [-0.3, -0.25) is 0 Å². The zero-order chi connectivity index (χ0) is 23.3. The van der Waals surface area contributed by atoms with Crippen LogP contribution in [0.15, 0.2) is 102 Å². The van der Waals surface area contributed by atoms with Crippen LogP contribution in [0.25, 0.3) is 60.5 Å². The molecule has 0 N–H and O–H groups in total. The van der Waals surface area contributed by atoms with Crippen LogP contribution in [0.4, 0.5) is 0 Å². The smallest absolute Gasteiger partial charge is 0.181 e. The summed E-state index contributed by atoms with van der Waals surface area (Å²) in [7, 11) is 0. The second-order valence-corrected chi connectivity index (χ2v) is 10.1. The van der Waals surface area contributed by atoms with E-state index in [2.05, 4.69) is 108 Å². The van der Waals surface area contributed by atoms with E-state index < -0.39 is 0 Å². The molecule has 35 heavy (non-hydrogen) atoms. The monoisotopic (exact) mass is 450 g/mol. The highest BCUT2D eigenvalue weighted by atomic mass is 16.3. The quantitative estimate of drug-likeness (QED) is 0.251. The van der Waals surface area contributed by atoms with Crippen LogP contribution in [0, 0.1) is 0 Å². The summed E-state index contributed by atoms with van der Waals surface area (Å²) in [6.45, 7) is 4.74. The van der Waals surface area contributed by atoms with Crippen molar-refractivity contribution < 1.29 is 4.42 Å². The third-order valence-corrected chi connectivity index (χ3v) is 7.91. The number of benzene rings is 5. The second kappa shape index (κ2) is 6.39. The summed E-state index contributed by atoms with van der Waals surface area (Å²) in [6, 6.07) is 33.0. The normalized spacial score (nSPS) is 14.2. The van der Waals surface area contributed by atoms with E-state index in [0.717, 1.165) is 16.8 Å². The first-order chi connectivity index (χ1) is 17.1. The molecular weight excluding hydrogens is 428 g/mol. The Kier molecular flexibility index (Phi) is 3.47. The lowest BCUT2D eigenvalue weighted by atomic mass is 9.81. The lowest BCUT2D eigenvalue weighted by Gasteiger charge is -2.23. The van der Waals surface area contributed by atoms with E-state index in [4.69, 9.17) is 4.42 Å². The summed E-state index contributed by atoms with van der Waals surface area (Å²) in [5, 5.41) is 5.15. The molecule has 0 spiro atoms. The maximum Gasteiger partial charge on any atom is 0.181 e. The maximum atomic E-state index is 5.69. The number of aromatic nitrogens is 2. The fourth-order valence-electron chi connectivity index (χ4n) is 6.37. The first kappa shape index (κ1) is 19.0. The molecule has 0 bridgehead atoms. The van der Waals surface area contributed by atoms with E-state index in [9.17, 15) is 0 Å². The van der Waals surface area contributed by atoms with E-state index in [0.29, 0.717) is 0 Å². The Balaban J connectivity index is 1.58. The minimum Gasteiger partial charge on any atom is -0.443 e. The van der Waals surface area contributed by atoms with Crippen molar-refractivity contribution >= 4 is 43.7 Å². The third kappa shape index (κ3) is 2.33. The van der Waals surface area contributed by atoms with Crippen LogP contribution >= 0.6 is 0 Å². The van der Waals surface area contributed by atoms with Gasteiger partial charge in [0.05, 0.1) is 16.7 Å². The number of hydrogen-bond acceptors (Lipinski definition) is 2.